The number of nitrogens with zero attached hydrogens (tertiary/aromatic N) is 3. The van der Waals surface area contributed by atoms with Crippen LogP contribution in [0.1, 0.15) is 12.7 Å². The van der Waals surface area contributed by atoms with Crippen molar-refractivity contribution >= 4 is 10.2 Å². The molecule has 0 spiro atoms. The molecule has 1 heterocycles. The Hall–Kier alpha value is -1.18. The fraction of sp³-hybridized carbons (Fsp3) is 0.714. The molecule has 1 aromatic rings. The van der Waals surface area contributed by atoms with Crippen LogP contribution in [0.3, 0.4) is 0 Å². The lowest BCUT2D eigenvalue weighted by molar-refractivity contribution is 0.535. The van der Waals surface area contributed by atoms with Gasteiger partial charge >= 0.3 is 15.9 Å². The van der Waals surface area contributed by atoms with Gasteiger partial charge in [0.25, 0.3) is 0 Å². The number of hydrogen-bond donors (Lipinski definition) is 0. The number of aryl methyl sites for hydroxylation is 2. The highest BCUT2D eigenvalue weighted by molar-refractivity contribution is 7.86. The van der Waals surface area contributed by atoms with E-state index < -0.39 is 21.7 Å². The normalized spacial score (nSPS) is 11.9. The predicted octanol–water partition coefficient (Wildman–Crippen LogP) is -0.328. The first-order valence-electron chi connectivity index (χ1n) is 4.41. The Morgan fingerprint density at radius 2 is 2.07 bits per heavy atom. The first kappa shape index (κ1) is 11.9. The van der Waals surface area contributed by atoms with Gasteiger partial charge in [0, 0.05) is 6.54 Å². The Labute approximate surface area is 86.5 Å². The topological polar surface area (TPSA) is 74.0 Å². The monoisotopic (exact) mass is 237 g/mol. The van der Waals surface area contributed by atoms with E-state index in [1.807, 2.05) is 0 Å². The van der Waals surface area contributed by atoms with Gasteiger partial charge in [0.1, 0.15) is 5.82 Å². The van der Waals surface area contributed by atoms with E-state index in [1.54, 1.807) is 13.8 Å². The van der Waals surface area contributed by atoms with Crippen LogP contribution in [-0.4, -0.2) is 28.5 Å². The van der Waals surface area contributed by atoms with Gasteiger partial charge in [0.15, 0.2) is 0 Å². The van der Waals surface area contributed by atoms with Crippen molar-refractivity contribution in [1.82, 2.24) is 14.3 Å². The highest BCUT2D eigenvalue weighted by atomic mass is 32.3. The van der Waals surface area contributed by atoms with Crippen LogP contribution >= 0.6 is 0 Å². The molecule has 1 rings (SSSR count). The molecule has 0 aliphatic carbocycles. The van der Waals surface area contributed by atoms with E-state index in [0.717, 1.165) is 4.68 Å². The second-order valence-electron chi connectivity index (χ2n) is 3.04. The third-order valence-electron chi connectivity index (χ3n) is 1.97. The zero-order valence-corrected chi connectivity index (χ0v) is 9.29. The average molecular weight is 237 g/mol. The van der Waals surface area contributed by atoms with Gasteiger partial charge < -0.3 is 0 Å². The molecule has 0 N–H and O–H groups in total. The third-order valence-corrected chi connectivity index (χ3v) is 2.64. The highest BCUT2D eigenvalue weighted by Gasteiger charge is 2.12. The Morgan fingerprint density at radius 1 is 1.47 bits per heavy atom. The van der Waals surface area contributed by atoms with E-state index in [2.05, 4.69) is 5.10 Å². The molecule has 0 fully saturated rings. The van der Waals surface area contributed by atoms with Gasteiger partial charge in [0.2, 0.25) is 0 Å². The van der Waals surface area contributed by atoms with Crippen LogP contribution in [-0.2, 0) is 23.3 Å². The first-order chi connectivity index (χ1) is 6.85. The SMILES string of the molecule is CCn1c(C)nn(CCS(=O)(=O)F)c1=O. The van der Waals surface area contributed by atoms with Crippen molar-refractivity contribution in [3.63, 3.8) is 0 Å². The van der Waals surface area contributed by atoms with E-state index in [1.165, 1.54) is 4.57 Å². The summed E-state index contributed by atoms with van der Waals surface area (Å²) in [5.41, 5.74) is -0.418. The number of aromatic nitrogens is 3. The minimum atomic E-state index is -4.56. The average Bonchev–Trinajstić information content (AvgIpc) is 2.37. The van der Waals surface area contributed by atoms with Gasteiger partial charge in [-0.15, -0.1) is 3.89 Å². The molecule has 0 aromatic carbocycles. The van der Waals surface area contributed by atoms with Crippen LogP contribution in [0.5, 0.6) is 0 Å². The third kappa shape index (κ3) is 2.88. The summed E-state index contributed by atoms with van der Waals surface area (Å²) in [4.78, 5) is 11.5. The summed E-state index contributed by atoms with van der Waals surface area (Å²) >= 11 is 0. The van der Waals surface area contributed by atoms with Crippen molar-refractivity contribution in [3.8, 4) is 0 Å². The Kier molecular flexibility index (Phi) is 3.28. The minimum absolute atomic E-state index is 0.258. The van der Waals surface area contributed by atoms with Crippen molar-refractivity contribution in [3.05, 3.63) is 16.3 Å². The highest BCUT2D eigenvalue weighted by Crippen LogP contribution is 1.94. The molecule has 0 atom stereocenters. The zero-order chi connectivity index (χ0) is 11.6. The van der Waals surface area contributed by atoms with Crippen molar-refractivity contribution in [2.45, 2.75) is 26.9 Å². The van der Waals surface area contributed by atoms with Gasteiger partial charge in [-0.1, -0.05) is 0 Å². The predicted molar refractivity (Wildman–Crippen MR) is 51.8 cm³/mol. The van der Waals surface area contributed by atoms with Crippen molar-refractivity contribution < 1.29 is 12.3 Å². The molecule has 8 heteroatoms. The smallest absolute Gasteiger partial charge is 0.279 e. The van der Waals surface area contributed by atoms with Crippen LogP contribution < -0.4 is 5.69 Å². The number of halogens is 1. The molecule has 0 aliphatic heterocycles. The molecule has 86 valence electrons. The summed E-state index contributed by atoms with van der Waals surface area (Å²) in [5.74, 6) is -0.244. The fourth-order valence-electron chi connectivity index (χ4n) is 1.25. The van der Waals surface area contributed by atoms with Gasteiger partial charge in [-0.25, -0.2) is 9.48 Å². The lowest BCUT2D eigenvalue weighted by atomic mass is 10.6. The molecule has 0 saturated carbocycles. The first-order valence-corrected chi connectivity index (χ1v) is 5.97. The van der Waals surface area contributed by atoms with E-state index in [0.29, 0.717) is 12.4 Å². The molecule has 15 heavy (non-hydrogen) atoms. The van der Waals surface area contributed by atoms with Crippen LogP contribution in [0.4, 0.5) is 3.89 Å². The van der Waals surface area contributed by atoms with Crippen molar-refractivity contribution in [2.75, 3.05) is 5.75 Å². The summed E-state index contributed by atoms with van der Waals surface area (Å²) in [6, 6.07) is 0. The molecule has 0 saturated heterocycles. The van der Waals surface area contributed by atoms with Crippen LogP contribution in [0.25, 0.3) is 0 Å². The maximum Gasteiger partial charge on any atom is 0.345 e. The molecule has 0 bridgehead atoms. The Morgan fingerprint density at radius 3 is 2.47 bits per heavy atom. The van der Waals surface area contributed by atoms with Crippen molar-refractivity contribution in [1.29, 1.82) is 0 Å². The summed E-state index contributed by atoms with van der Waals surface area (Å²) < 4.78 is 35.1. The molecule has 0 radical (unpaired) electrons. The molecular formula is C7H12FN3O3S. The lowest BCUT2D eigenvalue weighted by Gasteiger charge is -1.95. The van der Waals surface area contributed by atoms with E-state index in [-0.39, 0.29) is 6.54 Å². The summed E-state index contributed by atoms with van der Waals surface area (Å²) in [5, 5.41) is 3.82. The fourth-order valence-corrected chi connectivity index (χ4v) is 1.65. The number of hydrogen-bond acceptors (Lipinski definition) is 4. The number of rotatable bonds is 4. The maximum atomic E-state index is 12.2. The lowest BCUT2D eigenvalue weighted by Crippen LogP contribution is -2.26. The summed E-state index contributed by atoms with van der Waals surface area (Å²) in [6.45, 7) is 3.59. The van der Waals surface area contributed by atoms with Crippen LogP contribution in [0.2, 0.25) is 0 Å². The van der Waals surface area contributed by atoms with E-state index in [4.69, 9.17) is 0 Å². The Balaban J connectivity index is 2.93. The van der Waals surface area contributed by atoms with Crippen molar-refractivity contribution in [2.24, 2.45) is 0 Å². The summed E-state index contributed by atoms with van der Waals surface area (Å²) in [6.07, 6.45) is 0. The molecule has 0 amide bonds. The van der Waals surface area contributed by atoms with Gasteiger partial charge in [-0.2, -0.15) is 13.5 Å². The van der Waals surface area contributed by atoms with Gasteiger partial charge in [-0.05, 0) is 13.8 Å². The quantitative estimate of drug-likeness (QED) is 0.672. The largest absolute Gasteiger partial charge is 0.345 e. The minimum Gasteiger partial charge on any atom is -0.279 e. The molecule has 1 aromatic heterocycles. The second-order valence-corrected chi connectivity index (χ2v) is 4.53. The molecule has 0 unspecified atom stereocenters. The molecule has 6 nitrogen and oxygen atoms in total. The molecule has 0 aliphatic rings. The van der Waals surface area contributed by atoms with E-state index in [9.17, 15) is 17.1 Å². The van der Waals surface area contributed by atoms with Crippen LogP contribution in [0, 0.1) is 6.92 Å². The van der Waals surface area contributed by atoms with Gasteiger partial charge in [0.05, 0.1) is 12.3 Å². The Bertz CT molecular complexity index is 502. The zero-order valence-electron chi connectivity index (χ0n) is 8.47. The maximum absolute atomic E-state index is 12.2. The second kappa shape index (κ2) is 4.13. The van der Waals surface area contributed by atoms with Gasteiger partial charge in [-0.3, -0.25) is 4.57 Å². The summed E-state index contributed by atoms with van der Waals surface area (Å²) in [7, 11) is -4.56. The van der Waals surface area contributed by atoms with E-state index >= 15 is 0 Å². The standard InChI is InChI=1S/C7H12FN3O3S/c1-3-10-6(2)9-11(7(10)12)4-5-15(8,13)14/h3-5H2,1-2H3. The van der Waals surface area contributed by atoms with Crippen LogP contribution in [0.15, 0.2) is 4.79 Å². The molecular weight excluding hydrogens is 225 g/mol.